The number of hydrogen-bond donors (Lipinski definition) is 1. The molecule has 0 unspecified atom stereocenters. The molecule has 3 nitrogen and oxygen atoms in total. The van der Waals surface area contributed by atoms with Crippen LogP contribution in [-0.2, 0) is 26.1 Å². The summed E-state index contributed by atoms with van der Waals surface area (Å²) in [7, 11) is 0. The number of nitrogens with zero attached hydrogens (tertiary/aromatic N) is 2. The number of aromatic nitrogens is 1. The second kappa shape index (κ2) is 5.51. The fourth-order valence-electron chi connectivity index (χ4n) is 2.69. The van der Waals surface area contributed by atoms with E-state index < -0.39 is 0 Å². The van der Waals surface area contributed by atoms with Crippen LogP contribution in [0.2, 0.25) is 0 Å². The number of fused-ring (bicyclic) bond motifs is 1. The first-order valence-corrected chi connectivity index (χ1v) is 6.78. The Morgan fingerprint density at radius 2 is 2.00 bits per heavy atom. The largest absolute Gasteiger partial charge is 0.325 e. The van der Waals surface area contributed by atoms with Crippen LogP contribution < -0.4 is 5.73 Å². The Kier molecular flexibility index (Phi) is 3.58. The van der Waals surface area contributed by atoms with Gasteiger partial charge in [0.2, 0.25) is 0 Å². The van der Waals surface area contributed by atoms with Crippen molar-refractivity contribution in [3.05, 3.63) is 65.0 Å². The molecule has 0 bridgehead atoms. The van der Waals surface area contributed by atoms with Crippen molar-refractivity contribution in [2.24, 2.45) is 5.73 Å². The molecular weight excluding hydrogens is 234 g/mol. The van der Waals surface area contributed by atoms with Gasteiger partial charge in [-0.15, -0.1) is 0 Å². The average Bonchev–Trinajstić information content (AvgIpc) is 2.47. The summed E-state index contributed by atoms with van der Waals surface area (Å²) in [5, 5.41) is 0. The van der Waals surface area contributed by atoms with Crippen LogP contribution in [0.15, 0.2) is 42.6 Å². The third-order valence-corrected chi connectivity index (χ3v) is 3.71. The van der Waals surface area contributed by atoms with E-state index in [1.807, 2.05) is 6.20 Å². The van der Waals surface area contributed by atoms with Crippen molar-refractivity contribution in [2.75, 3.05) is 6.54 Å². The minimum Gasteiger partial charge on any atom is -0.325 e. The van der Waals surface area contributed by atoms with E-state index in [0.717, 1.165) is 31.7 Å². The van der Waals surface area contributed by atoms with E-state index >= 15 is 0 Å². The molecule has 2 aromatic rings. The van der Waals surface area contributed by atoms with E-state index in [2.05, 4.69) is 46.3 Å². The zero-order valence-corrected chi connectivity index (χ0v) is 11.0. The second-order valence-corrected chi connectivity index (χ2v) is 5.09. The molecule has 0 amide bonds. The van der Waals surface area contributed by atoms with Crippen LogP contribution in [0.3, 0.4) is 0 Å². The highest BCUT2D eigenvalue weighted by Gasteiger charge is 2.15. The van der Waals surface area contributed by atoms with E-state index in [1.165, 1.54) is 16.7 Å². The molecule has 1 aliphatic rings. The van der Waals surface area contributed by atoms with Crippen molar-refractivity contribution < 1.29 is 0 Å². The highest BCUT2D eigenvalue weighted by atomic mass is 15.1. The van der Waals surface area contributed by atoms with Crippen LogP contribution >= 0.6 is 0 Å². The first-order valence-electron chi connectivity index (χ1n) is 6.78. The number of hydrogen-bond acceptors (Lipinski definition) is 3. The van der Waals surface area contributed by atoms with Crippen molar-refractivity contribution in [3.8, 4) is 0 Å². The van der Waals surface area contributed by atoms with E-state index in [0.29, 0.717) is 6.54 Å². The molecule has 2 heterocycles. The van der Waals surface area contributed by atoms with Gasteiger partial charge in [0.05, 0.1) is 5.69 Å². The van der Waals surface area contributed by atoms with Crippen LogP contribution in [0.4, 0.5) is 0 Å². The summed E-state index contributed by atoms with van der Waals surface area (Å²) >= 11 is 0. The zero-order chi connectivity index (χ0) is 13.1. The lowest BCUT2D eigenvalue weighted by atomic mass is 9.99. The maximum absolute atomic E-state index is 5.64. The predicted molar refractivity (Wildman–Crippen MR) is 76.4 cm³/mol. The fraction of sp³-hybridized carbons (Fsp3) is 0.312. The van der Waals surface area contributed by atoms with Gasteiger partial charge in [-0.05, 0) is 35.2 Å². The van der Waals surface area contributed by atoms with Crippen LogP contribution in [0.1, 0.15) is 22.4 Å². The van der Waals surface area contributed by atoms with Crippen LogP contribution in [0, 0.1) is 0 Å². The summed E-state index contributed by atoms with van der Waals surface area (Å²) in [5.74, 6) is 0. The summed E-state index contributed by atoms with van der Waals surface area (Å²) in [5.41, 5.74) is 10.9. The average molecular weight is 253 g/mol. The summed E-state index contributed by atoms with van der Waals surface area (Å²) in [6.07, 6.45) is 3.00. The standard InChI is InChI=1S/C16H19N3/c17-10-16-9-13(5-7-18-16)11-19-8-6-14-3-1-2-4-15(14)12-19/h1-5,7,9H,6,8,10-12,17H2. The Labute approximate surface area is 114 Å². The zero-order valence-electron chi connectivity index (χ0n) is 11.0. The fourth-order valence-corrected chi connectivity index (χ4v) is 2.69. The van der Waals surface area contributed by atoms with Crippen molar-refractivity contribution in [1.82, 2.24) is 9.88 Å². The van der Waals surface area contributed by atoms with Crippen molar-refractivity contribution in [2.45, 2.75) is 26.1 Å². The molecular formula is C16H19N3. The van der Waals surface area contributed by atoms with Gasteiger partial charge in [-0.2, -0.15) is 0 Å². The normalized spacial score (nSPS) is 15.2. The van der Waals surface area contributed by atoms with Gasteiger partial charge in [0.25, 0.3) is 0 Å². The number of nitrogens with two attached hydrogens (primary N) is 1. The maximum atomic E-state index is 5.64. The van der Waals surface area contributed by atoms with Gasteiger partial charge in [0.15, 0.2) is 0 Å². The maximum Gasteiger partial charge on any atom is 0.0542 e. The first-order chi connectivity index (χ1) is 9.35. The molecule has 0 fully saturated rings. The van der Waals surface area contributed by atoms with E-state index in [1.54, 1.807) is 0 Å². The summed E-state index contributed by atoms with van der Waals surface area (Å²) < 4.78 is 0. The second-order valence-electron chi connectivity index (χ2n) is 5.09. The Morgan fingerprint density at radius 3 is 2.84 bits per heavy atom. The van der Waals surface area contributed by atoms with Gasteiger partial charge < -0.3 is 5.73 Å². The Balaban J connectivity index is 1.71. The quantitative estimate of drug-likeness (QED) is 0.911. The van der Waals surface area contributed by atoms with Crippen LogP contribution in [-0.4, -0.2) is 16.4 Å². The molecule has 0 aliphatic carbocycles. The Morgan fingerprint density at radius 1 is 1.16 bits per heavy atom. The monoisotopic (exact) mass is 253 g/mol. The van der Waals surface area contributed by atoms with Gasteiger partial charge in [-0.3, -0.25) is 9.88 Å². The van der Waals surface area contributed by atoms with Gasteiger partial charge in [-0.1, -0.05) is 24.3 Å². The Hall–Kier alpha value is -1.71. The summed E-state index contributed by atoms with van der Waals surface area (Å²) in [6, 6.07) is 12.9. The molecule has 0 saturated heterocycles. The SMILES string of the molecule is NCc1cc(CN2CCc3ccccc3C2)ccn1. The molecule has 2 N–H and O–H groups in total. The molecule has 0 atom stereocenters. The van der Waals surface area contributed by atoms with Gasteiger partial charge in [0, 0.05) is 32.4 Å². The lowest BCUT2D eigenvalue weighted by Gasteiger charge is -2.28. The number of pyridine rings is 1. The van der Waals surface area contributed by atoms with Crippen molar-refractivity contribution >= 4 is 0 Å². The van der Waals surface area contributed by atoms with Crippen LogP contribution in [0.5, 0.6) is 0 Å². The number of benzene rings is 1. The smallest absolute Gasteiger partial charge is 0.0542 e. The molecule has 0 spiro atoms. The lowest BCUT2D eigenvalue weighted by molar-refractivity contribution is 0.245. The van der Waals surface area contributed by atoms with Crippen molar-refractivity contribution in [1.29, 1.82) is 0 Å². The minimum atomic E-state index is 0.511. The molecule has 0 saturated carbocycles. The molecule has 1 aromatic heterocycles. The minimum absolute atomic E-state index is 0.511. The highest BCUT2D eigenvalue weighted by Crippen LogP contribution is 2.20. The van der Waals surface area contributed by atoms with E-state index in [-0.39, 0.29) is 0 Å². The molecule has 3 heteroatoms. The van der Waals surface area contributed by atoms with Crippen molar-refractivity contribution in [3.63, 3.8) is 0 Å². The molecule has 19 heavy (non-hydrogen) atoms. The van der Waals surface area contributed by atoms with E-state index in [9.17, 15) is 0 Å². The van der Waals surface area contributed by atoms with E-state index in [4.69, 9.17) is 5.73 Å². The molecule has 3 rings (SSSR count). The molecule has 98 valence electrons. The molecule has 1 aliphatic heterocycles. The Bertz CT molecular complexity index is 565. The predicted octanol–water partition coefficient (Wildman–Crippen LogP) is 2.10. The van der Waals surface area contributed by atoms with Gasteiger partial charge in [0.1, 0.15) is 0 Å². The third-order valence-electron chi connectivity index (χ3n) is 3.71. The first kappa shape index (κ1) is 12.3. The molecule has 1 aromatic carbocycles. The third kappa shape index (κ3) is 2.83. The topological polar surface area (TPSA) is 42.1 Å². The highest BCUT2D eigenvalue weighted by molar-refractivity contribution is 5.29. The summed E-state index contributed by atoms with van der Waals surface area (Å²) in [4.78, 5) is 6.73. The summed E-state index contributed by atoms with van der Waals surface area (Å²) in [6.45, 7) is 3.65. The number of rotatable bonds is 3. The van der Waals surface area contributed by atoms with Crippen LogP contribution in [0.25, 0.3) is 0 Å². The van der Waals surface area contributed by atoms with Gasteiger partial charge >= 0.3 is 0 Å². The van der Waals surface area contributed by atoms with Gasteiger partial charge in [-0.25, -0.2) is 0 Å². The lowest BCUT2D eigenvalue weighted by Crippen LogP contribution is -2.30. The molecule has 0 radical (unpaired) electrons.